The van der Waals surface area contributed by atoms with Crippen LogP contribution in [0.2, 0.25) is 5.02 Å². The van der Waals surface area contributed by atoms with E-state index in [1.165, 1.54) is 0 Å². The molecule has 2 aromatic carbocycles. The topological polar surface area (TPSA) is 39.8 Å². The van der Waals surface area contributed by atoms with Gasteiger partial charge in [-0.1, -0.05) is 41.6 Å². The lowest BCUT2D eigenvalue weighted by atomic mass is 9.87. The fraction of sp³-hybridized carbons (Fsp3) is 0.259. The Kier molecular flexibility index (Phi) is 5.71. The zero-order chi connectivity index (χ0) is 23.0. The highest BCUT2D eigenvalue weighted by atomic mass is 35.5. The van der Waals surface area contributed by atoms with Gasteiger partial charge in [0, 0.05) is 53.4 Å². The summed E-state index contributed by atoms with van der Waals surface area (Å²) in [7, 11) is 3.79. The minimum atomic E-state index is -0.161. The summed E-state index contributed by atoms with van der Waals surface area (Å²) in [6.45, 7) is 6.19. The summed E-state index contributed by atoms with van der Waals surface area (Å²) in [4.78, 5) is 16.9. The van der Waals surface area contributed by atoms with Crippen molar-refractivity contribution in [1.29, 1.82) is 0 Å². The number of imidazole rings is 1. The van der Waals surface area contributed by atoms with E-state index >= 15 is 0 Å². The predicted molar refractivity (Wildman–Crippen MR) is 131 cm³/mol. The first-order valence-corrected chi connectivity index (χ1v) is 10.9. The number of pyridine rings is 1. The number of benzene rings is 2. The Morgan fingerprint density at radius 2 is 1.69 bits per heavy atom. The molecule has 0 spiro atoms. The van der Waals surface area contributed by atoms with Gasteiger partial charge >= 0.3 is 0 Å². The van der Waals surface area contributed by atoms with Crippen LogP contribution in [0.1, 0.15) is 49.1 Å². The first-order valence-electron chi connectivity index (χ1n) is 10.5. The van der Waals surface area contributed by atoms with Gasteiger partial charge in [0.1, 0.15) is 0 Å². The Hall–Kier alpha value is -3.29. The van der Waals surface area contributed by atoms with E-state index in [0.29, 0.717) is 5.02 Å². The quantitative estimate of drug-likeness (QED) is 0.392. The fourth-order valence-electron chi connectivity index (χ4n) is 3.85. The van der Waals surface area contributed by atoms with Crippen LogP contribution < -0.4 is 5.56 Å². The van der Waals surface area contributed by atoms with Gasteiger partial charge < -0.3 is 9.13 Å². The molecule has 0 bridgehead atoms. The van der Waals surface area contributed by atoms with Crippen LogP contribution in [0.4, 0.5) is 0 Å². The van der Waals surface area contributed by atoms with Crippen LogP contribution in [0, 0.1) is 17.3 Å². The molecule has 1 unspecified atom stereocenters. The molecule has 1 atom stereocenters. The average Bonchev–Trinajstić information content (AvgIpc) is 3.16. The zero-order valence-electron chi connectivity index (χ0n) is 19.0. The van der Waals surface area contributed by atoms with E-state index in [0.717, 1.165) is 33.3 Å². The summed E-state index contributed by atoms with van der Waals surface area (Å²) in [6, 6.07) is 15.8. The largest absolute Gasteiger partial charge is 0.337 e. The van der Waals surface area contributed by atoms with Gasteiger partial charge in [-0.2, -0.15) is 0 Å². The van der Waals surface area contributed by atoms with Crippen molar-refractivity contribution >= 4 is 22.5 Å². The number of nitrogens with zero attached hydrogens (tertiary/aromatic N) is 3. The number of aryl methyl sites for hydroxylation is 2. The van der Waals surface area contributed by atoms with Crippen molar-refractivity contribution in [2.24, 2.45) is 19.5 Å². The van der Waals surface area contributed by atoms with E-state index in [1.807, 2.05) is 54.5 Å². The second kappa shape index (κ2) is 8.33. The average molecular weight is 444 g/mol. The first-order chi connectivity index (χ1) is 15.1. The van der Waals surface area contributed by atoms with Gasteiger partial charge in [-0.05, 0) is 56.2 Å². The number of halogens is 1. The number of rotatable bonds is 3. The Morgan fingerprint density at radius 3 is 2.31 bits per heavy atom. The van der Waals surface area contributed by atoms with Crippen LogP contribution in [0.25, 0.3) is 10.9 Å². The SMILES string of the molecule is Cn1cncc1C(c1ccc(Cl)cc1)c1ccc2c(c1)c(C#CC(C)(C)C)cc(=O)n2C. The minimum Gasteiger partial charge on any atom is -0.337 e. The molecule has 0 aliphatic heterocycles. The molecule has 0 saturated heterocycles. The zero-order valence-corrected chi connectivity index (χ0v) is 19.7. The van der Waals surface area contributed by atoms with E-state index < -0.39 is 0 Å². The normalized spacial score (nSPS) is 12.4. The first kappa shape index (κ1) is 21.9. The second-order valence-corrected chi connectivity index (χ2v) is 9.58. The molecule has 0 aliphatic rings. The van der Waals surface area contributed by atoms with Crippen LogP contribution in [0.15, 0.2) is 65.8 Å². The minimum absolute atomic E-state index is 0.0372. The molecular weight excluding hydrogens is 418 g/mol. The molecule has 4 aromatic rings. The van der Waals surface area contributed by atoms with Gasteiger partial charge in [0.25, 0.3) is 5.56 Å². The van der Waals surface area contributed by atoms with Crippen molar-refractivity contribution < 1.29 is 0 Å². The highest BCUT2D eigenvalue weighted by Gasteiger charge is 2.21. The van der Waals surface area contributed by atoms with Crippen LogP contribution >= 0.6 is 11.6 Å². The Labute approximate surface area is 193 Å². The van der Waals surface area contributed by atoms with Crippen LogP contribution in [-0.4, -0.2) is 14.1 Å². The van der Waals surface area contributed by atoms with E-state index in [-0.39, 0.29) is 16.9 Å². The van der Waals surface area contributed by atoms with Gasteiger partial charge in [-0.15, -0.1) is 0 Å². The molecule has 0 saturated carbocycles. The van der Waals surface area contributed by atoms with E-state index in [4.69, 9.17) is 11.6 Å². The maximum Gasteiger partial charge on any atom is 0.252 e. The third kappa shape index (κ3) is 4.35. The van der Waals surface area contributed by atoms with E-state index in [9.17, 15) is 4.79 Å². The van der Waals surface area contributed by atoms with Crippen molar-refractivity contribution in [1.82, 2.24) is 14.1 Å². The number of aromatic nitrogens is 3. The summed E-state index contributed by atoms with van der Waals surface area (Å²) in [5.74, 6) is 6.49. The Bertz CT molecular complexity index is 1410. The molecule has 4 rings (SSSR count). The highest BCUT2D eigenvalue weighted by molar-refractivity contribution is 6.30. The van der Waals surface area contributed by atoms with Gasteiger partial charge in [0.05, 0.1) is 17.8 Å². The monoisotopic (exact) mass is 443 g/mol. The third-order valence-electron chi connectivity index (χ3n) is 5.53. The summed E-state index contributed by atoms with van der Waals surface area (Å²) < 4.78 is 3.70. The highest BCUT2D eigenvalue weighted by Crippen LogP contribution is 2.34. The molecule has 0 N–H and O–H groups in total. The molecule has 0 radical (unpaired) electrons. The van der Waals surface area contributed by atoms with Gasteiger partial charge in [-0.25, -0.2) is 4.98 Å². The molecule has 4 nitrogen and oxygen atoms in total. The molecule has 5 heteroatoms. The van der Waals surface area contributed by atoms with Crippen LogP contribution in [-0.2, 0) is 14.1 Å². The molecule has 32 heavy (non-hydrogen) atoms. The van der Waals surface area contributed by atoms with Gasteiger partial charge in [-0.3, -0.25) is 4.79 Å². The third-order valence-corrected chi connectivity index (χ3v) is 5.78. The van der Waals surface area contributed by atoms with Crippen molar-refractivity contribution in [2.45, 2.75) is 26.7 Å². The summed E-state index contributed by atoms with van der Waals surface area (Å²) in [5, 5.41) is 1.66. The lowest BCUT2D eigenvalue weighted by Crippen LogP contribution is -2.17. The number of fused-ring (bicyclic) bond motifs is 1. The smallest absolute Gasteiger partial charge is 0.252 e. The van der Waals surface area contributed by atoms with Crippen LogP contribution in [0.3, 0.4) is 0 Å². The summed E-state index contributed by atoms with van der Waals surface area (Å²) in [6.07, 6.45) is 3.70. The van der Waals surface area contributed by atoms with Crippen molar-refractivity contribution in [3.63, 3.8) is 0 Å². The molecule has 0 fully saturated rings. The maximum atomic E-state index is 12.6. The molecule has 2 aromatic heterocycles. The molecule has 0 amide bonds. The fourth-order valence-corrected chi connectivity index (χ4v) is 3.98. The summed E-state index contributed by atoms with van der Waals surface area (Å²) in [5.41, 5.74) is 4.67. The lowest BCUT2D eigenvalue weighted by molar-refractivity contribution is 0.571. The van der Waals surface area contributed by atoms with Gasteiger partial charge in [0.15, 0.2) is 0 Å². The van der Waals surface area contributed by atoms with E-state index in [2.05, 4.69) is 49.7 Å². The number of hydrogen-bond donors (Lipinski definition) is 0. The number of hydrogen-bond acceptors (Lipinski definition) is 2. The van der Waals surface area contributed by atoms with Crippen molar-refractivity contribution in [3.05, 3.63) is 98.8 Å². The van der Waals surface area contributed by atoms with Gasteiger partial charge in [0.2, 0.25) is 0 Å². The second-order valence-electron chi connectivity index (χ2n) is 9.15. The Balaban J connectivity index is 1.98. The predicted octanol–water partition coefficient (Wildman–Crippen LogP) is 5.50. The lowest BCUT2D eigenvalue weighted by Gasteiger charge is -2.20. The molecular formula is C27H26ClN3O. The standard InChI is InChI=1S/C27H26ClN3O/c1-27(2,3)13-12-19-15-25(32)31(5)23-11-8-20(14-22(19)23)26(24-16-29-17-30(24)4)18-6-9-21(28)10-7-18/h6-11,14-17,26H,1-5H3. The summed E-state index contributed by atoms with van der Waals surface area (Å²) >= 11 is 6.16. The molecule has 2 heterocycles. The van der Waals surface area contributed by atoms with E-state index in [1.54, 1.807) is 17.7 Å². The van der Waals surface area contributed by atoms with Crippen LogP contribution in [0.5, 0.6) is 0 Å². The van der Waals surface area contributed by atoms with Crippen molar-refractivity contribution in [3.8, 4) is 11.8 Å². The molecule has 162 valence electrons. The van der Waals surface area contributed by atoms with Crippen molar-refractivity contribution in [2.75, 3.05) is 0 Å². The Morgan fingerprint density at radius 1 is 1.00 bits per heavy atom. The molecule has 0 aliphatic carbocycles. The maximum absolute atomic E-state index is 12.6.